The van der Waals surface area contributed by atoms with Gasteiger partial charge in [0.25, 0.3) is 0 Å². The normalized spacial score (nSPS) is 13.1. The molecule has 0 aromatic heterocycles. The number of halogens is 1. The van der Waals surface area contributed by atoms with Crippen molar-refractivity contribution in [3.05, 3.63) is 34.9 Å². The molecule has 1 atom stereocenters. The van der Waals surface area contributed by atoms with E-state index >= 15 is 0 Å². The van der Waals surface area contributed by atoms with Gasteiger partial charge in [0.15, 0.2) is 0 Å². The van der Waals surface area contributed by atoms with Crippen molar-refractivity contribution >= 4 is 29.3 Å². The molecule has 0 radical (unpaired) electrons. The third-order valence-corrected chi connectivity index (χ3v) is 4.27. The average Bonchev–Trinajstić information content (AvgIpc) is 2.39. The van der Waals surface area contributed by atoms with Gasteiger partial charge in [-0.2, -0.15) is 11.8 Å². The highest BCUT2D eigenvalue weighted by Gasteiger charge is 2.31. The van der Waals surface area contributed by atoms with Gasteiger partial charge in [0.2, 0.25) is 5.91 Å². The molecule has 0 aliphatic heterocycles. The minimum Gasteiger partial charge on any atom is -0.396 e. The zero-order valence-corrected chi connectivity index (χ0v) is 13.7. The first-order valence-corrected chi connectivity index (χ1v) is 8.35. The van der Waals surface area contributed by atoms with Crippen molar-refractivity contribution in [3.63, 3.8) is 0 Å². The van der Waals surface area contributed by atoms with E-state index in [1.165, 1.54) is 0 Å². The molecular formula is C15H22ClNO2S. The van der Waals surface area contributed by atoms with Crippen molar-refractivity contribution in [3.8, 4) is 0 Å². The Kier molecular flexibility index (Phi) is 6.86. The lowest BCUT2D eigenvalue weighted by molar-refractivity contribution is -0.126. The summed E-state index contributed by atoms with van der Waals surface area (Å²) < 4.78 is 0. The Morgan fingerprint density at radius 3 is 2.75 bits per heavy atom. The number of amides is 1. The lowest BCUT2D eigenvalue weighted by atomic mass is 9.83. The number of thioether (sulfide) groups is 1. The minimum atomic E-state index is -0.656. The van der Waals surface area contributed by atoms with Gasteiger partial charge in [-0.15, -0.1) is 0 Å². The zero-order valence-electron chi connectivity index (χ0n) is 12.1. The van der Waals surface area contributed by atoms with Crippen molar-refractivity contribution in [2.75, 3.05) is 18.6 Å². The largest absolute Gasteiger partial charge is 0.396 e. The van der Waals surface area contributed by atoms with Crippen molar-refractivity contribution in [1.82, 2.24) is 5.32 Å². The van der Waals surface area contributed by atoms with Gasteiger partial charge < -0.3 is 10.4 Å². The van der Waals surface area contributed by atoms with Crippen LogP contribution in [0.5, 0.6) is 0 Å². The van der Waals surface area contributed by atoms with E-state index < -0.39 is 5.41 Å². The Bertz CT molecular complexity index is 445. The Balaban J connectivity index is 2.83. The van der Waals surface area contributed by atoms with Crippen LogP contribution in [-0.2, 0) is 10.2 Å². The molecule has 0 fully saturated rings. The Hall–Kier alpha value is -0.710. The van der Waals surface area contributed by atoms with E-state index in [1.807, 2.05) is 38.3 Å². The molecule has 0 aliphatic carbocycles. The maximum atomic E-state index is 12.5. The van der Waals surface area contributed by atoms with Crippen LogP contribution in [0.25, 0.3) is 0 Å². The molecule has 5 heteroatoms. The highest BCUT2D eigenvalue weighted by Crippen LogP contribution is 2.26. The van der Waals surface area contributed by atoms with E-state index in [2.05, 4.69) is 5.32 Å². The molecule has 0 bridgehead atoms. The molecule has 112 valence electrons. The molecule has 0 spiro atoms. The summed E-state index contributed by atoms with van der Waals surface area (Å²) in [6.07, 6.45) is 2.55. The number of hydrogen-bond acceptors (Lipinski definition) is 3. The highest BCUT2D eigenvalue weighted by atomic mass is 35.5. The van der Waals surface area contributed by atoms with Crippen LogP contribution in [0.15, 0.2) is 24.3 Å². The second-order valence-corrected chi connectivity index (χ2v) is 6.62. The molecular weight excluding hydrogens is 294 g/mol. The second kappa shape index (κ2) is 7.91. The molecule has 3 nitrogen and oxygen atoms in total. The van der Waals surface area contributed by atoms with Crippen LogP contribution >= 0.6 is 23.4 Å². The Morgan fingerprint density at radius 2 is 2.20 bits per heavy atom. The smallest absolute Gasteiger partial charge is 0.230 e. The van der Waals surface area contributed by atoms with Gasteiger partial charge in [-0.1, -0.05) is 23.7 Å². The Morgan fingerprint density at radius 1 is 1.50 bits per heavy atom. The first-order chi connectivity index (χ1) is 9.41. The fraction of sp³-hybridized carbons (Fsp3) is 0.533. The van der Waals surface area contributed by atoms with E-state index in [1.54, 1.807) is 17.8 Å². The van der Waals surface area contributed by atoms with Crippen LogP contribution in [0, 0.1) is 0 Å². The SMILES string of the molecule is CSCC(CCO)NC(=O)C(C)(C)c1cccc(Cl)c1. The van der Waals surface area contributed by atoms with E-state index in [0.717, 1.165) is 11.3 Å². The number of rotatable bonds is 7. The minimum absolute atomic E-state index is 0.0130. The third kappa shape index (κ3) is 4.69. The summed E-state index contributed by atoms with van der Waals surface area (Å²) in [6.45, 7) is 3.83. The second-order valence-electron chi connectivity index (χ2n) is 5.27. The van der Waals surface area contributed by atoms with Crippen molar-refractivity contribution in [2.45, 2.75) is 31.7 Å². The molecule has 20 heavy (non-hydrogen) atoms. The molecule has 2 N–H and O–H groups in total. The molecule has 1 rings (SSSR count). The van der Waals surface area contributed by atoms with Gasteiger partial charge in [0.05, 0.1) is 5.41 Å². The van der Waals surface area contributed by atoms with Crippen LogP contribution in [0.1, 0.15) is 25.8 Å². The number of nitrogens with one attached hydrogen (secondary N) is 1. The summed E-state index contributed by atoms with van der Waals surface area (Å²) in [4.78, 5) is 12.5. The summed E-state index contributed by atoms with van der Waals surface area (Å²) >= 11 is 7.65. The quantitative estimate of drug-likeness (QED) is 0.813. The first-order valence-electron chi connectivity index (χ1n) is 6.58. The van der Waals surface area contributed by atoms with Crippen molar-refractivity contribution < 1.29 is 9.90 Å². The van der Waals surface area contributed by atoms with Crippen LogP contribution < -0.4 is 5.32 Å². The average molecular weight is 316 g/mol. The predicted octanol–water partition coefficient (Wildman–Crippen LogP) is 2.85. The van der Waals surface area contributed by atoms with Gasteiger partial charge in [-0.3, -0.25) is 4.79 Å². The Labute approximate surface area is 130 Å². The number of aliphatic hydroxyl groups excluding tert-OH is 1. The van der Waals surface area contributed by atoms with Crippen LogP contribution in [0.4, 0.5) is 0 Å². The van der Waals surface area contributed by atoms with Gasteiger partial charge in [-0.25, -0.2) is 0 Å². The summed E-state index contributed by atoms with van der Waals surface area (Å²) in [6, 6.07) is 7.35. The fourth-order valence-corrected chi connectivity index (χ4v) is 2.77. The topological polar surface area (TPSA) is 49.3 Å². The van der Waals surface area contributed by atoms with E-state index in [4.69, 9.17) is 16.7 Å². The van der Waals surface area contributed by atoms with Crippen LogP contribution in [0.2, 0.25) is 5.02 Å². The monoisotopic (exact) mass is 315 g/mol. The summed E-state index contributed by atoms with van der Waals surface area (Å²) in [7, 11) is 0. The molecule has 0 aliphatic rings. The zero-order chi connectivity index (χ0) is 15.2. The lowest BCUT2D eigenvalue weighted by Gasteiger charge is -2.27. The summed E-state index contributed by atoms with van der Waals surface area (Å²) in [5, 5.41) is 12.7. The number of carbonyl (C=O) groups is 1. The first kappa shape index (κ1) is 17.3. The van der Waals surface area contributed by atoms with Gasteiger partial charge in [0, 0.05) is 23.4 Å². The van der Waals surface area contributed by atoms with Crippen molar-refractivity contribution in [1.29, 1.82) is 0 Å². The number of hydrogen-bond donors (Lipinski definition) is 2. The van der Waals surface area contributed by atoms with E-state index in [-0.39, 0.29) is 18.6 Å². The molecule has 1 aromatic rings. The van der Waals surface area contributed by atoms with E-state index in [9.17, 15) is 4.79 Å². The lowest BCUT2D eigenvalue weighted by Crippen LogP contribution is -2.46. The number of aliphatic hydroxyl groups is 1. The van der Waals surface area contributed by atoms with Crippen molar-refractivity contribution in [2.24, 2.45) is 0 Å². The molecule has 1 aromatic carbocycles. The molecule has 0 saturated heterocycles. The third-order valence-electron chi connectivity index (χ3n) is 3.29. The maximum absolute atomic E-state index is 12.5. The molecule has 1 unspecified atom stereocenters. The van der Waals surface area contributed by atoms with Crippen LogP contribution in [-0.4, -0.2) is 35.7 Å². The standard InChI is InChI=1S/C15H22ClNO2S/c1-15(2,11-5-4-6-12(16)9-11)14(19)17-13(7-8-18)10-20-3/h4-6,9,13,18H,7-8,10H2,1-3H3,(H,17,19). The van der Waals surface area contributed by atoms with Crippen LogP contribution in [0.3, 0.4) is 0 Å². The van der Waals surface area contributed by atoms with Gasteiger partial charge >= 0.3 is 0 Å². The number of benzene rings is 1. The van der Waals surface area contributed by atoms with E-state index in [0.29, 0.717) is 11.4 Å². The summed E-state index contributed by atoms with van der Waals surface area (Å²) in [5.74, 6) is 0.741. The van der Waals surface area contributed by atoms with Gasteiger partial charge in [-0.05, 0) is 44.2 Å². The predicted molar refractivity (Wildman–Crippen MR) is 86.5 cm³/mol. The molecule has 0 saturated carbocycles. The maximum Gasteiger partial charge on any atom is 0.230 e. The molecule has 1 amide bonds. The molecule has 0 heterocycles. The fourth-order valence-electron chi connectivity index (χ4n) is 1.93. The highest BCUT2D eigenvalue weighted by molar-refractivity contribution is 7.98. The number of carbonyl (C=O) groups excluding carboxylic acids is 1. The summed E-state index contributed by atoms with van der Waals surface area (Å²) in [5.41, 5.74) is 0.228. The van der Waals surface area contributed by atoms with Gasteiger partial charge in [0.1, 0.15) is 0 Å².